The van der Waals surface area contributed by atoms with E-state index in [1.54, 1.807) is 17.5 Å². The number of aromatic nitrogens is 1. The third-order valence-electron chi connectivity index (χ3n) is 3.28. The second-order valence-corrected chi connectivity index (χ2v) is 5.40. The highest BCUT2D eigenvalue weighted by molar-refractivity contribution is 7.09. The summed E-state index contributed by atoms with van der Waals surface area (Å²) in [5, 5.41) is 6.17. The normalized spacial score (nSPS) is 17.9. The van der Waals surface area contributed by atoms with Crippen molar-refractivity contribution in [3.63, 3.8) is 0 Å². The molecule has 92 valence electrons. The Bertz CT molecular complexity index is 551. The molecule has 0 bridgehead atoms. The molecule has 18 heavy (non-hydrogen) atoms. The Morgan fingerprint density at radius 3 is 3.17 bits per heavy atom. The van der Waals surface area contributed by atoms with E-state index in [1.807, 2.05) is 29.6 Å². The molecule has 2 heterocycles. The van der Waals surface area contributed by atoms with E-state index in [2.05, 4.69) is 10.3 Å². The maximum atomic E-state index is 12.4. The van der Waals surface area contributed by atoms with Crippen LogP contribution >= 0.6 is 11.3 Å². The first-order valence-electron chi connectivity index (χ1n) is 6.08. The van der Waals surface area contributed by atoms with Crippen LogP contribution in [0.25, 0.3) is 0 Å². The van der Waals surface area contributed by atoms with Crippen LogP contribution in [0.5, 0.6) is 0 Å². The maximum Gasteiger partial charge on any atom is 0.147 e. The first-order chi connectivity index (χ1) is 8.84. The lowest BCUT2D eigenvalue weighted by atomic mass is 9.86. The highest BCUT2D eigenvalue weighted by Crippen LogP contribution is 2.32. The van der Waals surface area contributed by atoms with Crippen LogP contribution in [0.15, 0.2) is 35.8 Å². The standard InChI is InChI=1S/C14H14N2OS/c17-13(9-14-16-7-8-18-14)11-5-6-15-12-4-2-1-3-10(11)12/h1-4,7-8,11,15H,5-6,9H2. The van der Waals surface area contributed by atoms with Crippen LogP contribution in [0.2, 0.25) is 0 Å². The highest BCUT2D eigenvalue weighted by Gasteiger charge is 2.26. The van der Waals surface area contributed by atoms with E-state index >= 15 is 0 Å². The molecule has 0 saturated heterocycles. The number of nitrogens with zero attached hydrogens (tertiary/aromatic N) is 1. The predicted octanol–water partition coefficient (Wildman–Crippen LogP) is 2.85. The van der Waals surface area contributed by atoms with E-state index in [0.717, 1.165) is 29.2 Å². The quantitative estimate of drug-likeness (QED) is 0.920. The van der Waals surface area contributed by atoms with Crippen molar-refractivity contribution < 1.29 is 4.79 Å². The molecule has 0 saturated carbocycles. The van der Waals surface area contributed by atoms with Crippen molar-refractivity contribution >= 4 is 22.8 Å². The second-order valence-electron chi connectivity index (χ2n) is 4.42. The van der Waals surface area contributed by atoms with E-state index in [-0.39, 0.29) is 11.7 Å². The van der Waals surface area contributed by atoms with E-state index in [1.165, 1.54) is 0 Å². The van der Waals surface area contributed by atoms with Gasteiger partial charge in [0.1, 0.15) is 5.78 Å². The van der Waals surface area contributed by atoms with Crippen molar-refractivity contribution in [2.24, 2.45) is 0 Å². The summed E-state index contributed by atoms with van der Waals surface area (Å²) in [5.74, 6) is 0.297. The zero-order valence-corrected chi connectivity index (χ0v) is 10.7. The topological polar surface area (TPSA) is 42.0 Å². The van der Waals surface area contributed by atoms with Crippen molar-refractivity contribution in [1.82, 2.24) is 4.98 Å². The molecule has 0 amide bonds. The number of thiazole rings is 1. The number of ketones is 1. The fourth-order valence-electron chi connectivity index (χ4n) is 2.42. The molecule has 1 atom stereocenters. The summed E-state index contributed by atoms with van der Waals surface area (Å²) in [7, 11) is 0. The van der Waals surface area contributed by atoms with Gasteiger partial charge in [0, 0.05) is 29.7 Å². The zero-order valence-electron chi connectivity index (χ0n) is 9.93. The summed E-state index contributed by atoms with van der Waals surface area (Å²) in [6.45, 7) is 0.866. The molecule has 1 aliphatic heterocycles. The van der Waals surface area contributed by atoms with Crippen LogP contribution < -0.4 is 5.32 Å². The van der Waals surface area contributed by atoms with Crippen molar-refractivity contribution in [3.05, 3.63) is 46.4 Å². The van der Waals surface area contributed by atoms with Crippen LogP contribution in [0, 0.1) is 0 Å². The van der Waals surface area contributed by atoms with Crippen molar-refractivity contribution in [2.45, 2.75) is 18.8 Å². The van der Waals surface area contributed by atoms with Gasteiger partial charge in [0.2, 0.25) is 0 Å². The summed E-state index contributed by atoms with van der Waals surface area (Å²) in [6, 6.07) is 8.08. The number of hydrogen-bond donors (Lipinski definition) is 1. The fraction of sp³-hybridized carbons (Fsp3) is 0.286. The van der Waals surface area contributed by atoms with Gasteiger partial charge < -0.3 is 5.32 Å². The number of fused-ring (bicyclic) bond motifs is 1. The molecule has 3 nitrogen and oxygen atoms in total. The average Bonchev–Trinajstić information content (AvgIpc) is 2.91. The smallest absolute Gasteiger partial charge is 0.147 e. The van der Waals surface area contributed by atoms with Gasteiger partial charge in [-0.2, -0.15) is 0 Å². The van der Waals surface area contributed by atoms with E-state index in [4.69, 9.17) is 0 Å². The minimum atomic E-state index is 0.0198. The molecule has 0 radical (unpaired) electrons. The Morgan fingerprint density at radius 1 is 1.44 bits per heavy atom. The summed E-state index contributed by atoms with van der Waals surface area (Å²) in [5.41, 5.74) is 2.23. The van der Waals surface area contributed by atoms with Gasteiger partial charge in [0.15, 0.2) is 0 Å². The SMILES string of the molecule is O=C(Cc1nccs1)C1CCNc2ccccc21. The number of Topliss-reactive ketones (excluding diaryl/α,β-unsaturated/α-hetero) is 1. The third kappa shape index (κ3) is 2.16. The number of hydrogen-bond acceptors (Lipinski definition) is 4. The van der Waals surface area contributed by atoms with Gasteiger partial charge >= 0.3 is 0 Å². The van der Waals surface area contributed by atoms with E-state index < -0.39 is 0 Å². The van der Waals surface area contributed by atoms with E-state index in [0.29, 0.717) is 6.42 Å². The van der Waals surface area contributed by atoms with Crippen LogP contribution in [-0.2, 0) is 11.2 Å². The summed E-state index contributed by atoms with van der Waals surface area (Å²) < 4.78 is 0. The maximum absolute atomic E-state index is 12.4. The molecule has 3 rings (SSSR count). The van der Waals surface area contributed by atoms with Gasteiger partial charge in [-0.3, -0.25) is 4.79 Å². The lowest BCUT2D eigenvalue weighted by Crippen LogP contribution is -2.24. The molecular weight excluding hydrogens is 244 g/mol. The molecule has 0 spiro atoms. The number of nitrogens with one attached hydrogen (secondary N) is 1. The largest absolute Gasteiger partial charge is 0.385 e. The molecule has 1 aromatic heterocycles. The van der Waals surface area contributed by atoms with Gasteiger partial charge in [0.05, 0.1) is 11.4 Å². The Labute approximate surface area is 110 Å². The molecule has 0 aliphatic carbocycles. The summed E-state index contributed by atoms with van der Waals surface area (Å²) in [4.78, 5) is 16.6. The lowest BCUT2D eigenvalue weighted by Gasteiger charge is -2.25. The molecule has 1 aromatic carbocycles. The minimum Gasteiger partial charge on any atom is -0.385 e. The van der Waals surface area contributed by atoms with Gasteiger partial charge in [-0.1, -0.05) is 18.2 Å². The van der Waals surface area contributed by atoms with Crippen LogP contribution in [-0.4, -0.2) is 17.3 Å². The average molecular weight is 258 g/mol. The van der Waals surface area contributed by atoms with Gasteiger partial charge in [-0.05, 0) is 18.1 Å². The number of carbonyl (C=O) groups excluding carboxylic acids is 1. The van der Waals surface area contributed by atoms with Gasteiger partial charge in [-0.15, -0.1) is 11.3 Å². The number of carbonyl (C=O) groups is 1. The Hall–Kier alpha value is -1.68. The van der Waals surface area contributed by atoms with Crippen molar-refractivity contribution in [2.75, 3.05) is 11.9 Å². The van der Waals surface area contributed by atoms with Crippen LogP contribution in [0.4, 0.5) is 5.69 Å². The minimum absolute atomic E-state index is 0.0198. The number of para-hydroxylation sites is 1. The van der Waals surface area contributed by atoms with Crippen molar-refractivity contribution in [3.8, 4) is 0 Å². The summed E-state index contributed by atoms with van der Waals surface area (Å²) in [6.07, 6.45) is 3.08. The molecule has 0 fully saturated rings. The number of anilines is 1. The third-order valence-corrected chi connectivity index (χ3v) is 4.06. The van der Waals surface area contributed by atoms with Gasteiger partial charge in [-0.25, -0.2) is 4.98 Å². The monoisotopic (exact) mass is 258 g/mol. The molecular formula is C14H14N2OS. The summed E-state index contributed by atoms with van der Waals surface area (Å²) >= 11 is 1.55. The molecule has 1 aliphatic rings. The molecule has 2 aromatic rings. The second kappa shape index (κ2) is 4.90. The highest BCUT2D eigenvalue weighted by atomic mass is 32.1. The Morgan fingerprint density at radius 2 is 2.33 bits per heavy atom. The van der Waals surface area contributed by atoms with Crippen LogP contribution in [0.1, 0.15) is 22.9 Å². The molecule has 4 heteroatoms. The lowest BCUT2D eigenvalue weighted by molar-refractivity contribution is -0.120. The van der Waals surface area contributed by atoms with Crippen molar-refractivity contribution in [1.29, 1.82) is 0 Å². The number of benzene rings is 1. The van der Waals surface area contributed by atoms with Gasteiger partial charge in [0.25, 0.3) is 0 Å². The first-order valence-corrected chi connectivity index (χ1v) is 6.96. The fourth-order valence-corrected chi connectivity index (χ4v) is 3.04. The Balaban J connectivity index is 1.83. The number of rotatable bonds is 3. The molecule has 1 unspecified atom stereocenters. The predicted molar refractivity (Wildman–Crippen MR) is 73.1 cm³/mol. The molecule has 1 N–H and O–H groups in total. The Kier molecular flexibility index (Phi) is 3.11. The van der Waals surface area contributed by atoms with Crippen LogP contribution in [0.3, 0.4) is 0 Å². The van der Waals surface area contributed by atoms with E-state index in [9.17, 15) is 4.79 Å². The zero-order chi connectivity index (χ0) is 12.4. The first kappa shape index (κ1) is 11.4.